The van der Waals surface area contributed by atoms with E-state index in [4.69, 9.17) is 9.26 Å². The molecule has 2 aromatic heterocycles. The molecule has 4 rings (SSSR count). The van der Waals surface area contributed by atoms with E-state index in [1.54, 1.807) is 61.5 Å². The molecule has 8 heteroatoms. The summed E-state index contributed by atoms with van der Waals surface area (Å²) in [4.78, 5) is 41.4. The van der Waals surface area contributed by atoms with Gasteiger partial charge in [0.1, 0.15) is 12.4 Å². The zero-order valence-electron chi connectivity index (χ0n) is 16.0. The van der Waals surface area contributed by atoms with Crippen LogP contribution in [0.5, 0.6) is 0 Å². The van der Waals surface area contributed by atoms with Gasteiger partial charge in [0.2, 0.25) is 0 Å². The van der Waals surface area contributed by atoms with Gasteiger partial charge in [-0.05, 0) is 31.2 Å². The van der Waals surface area contributed by atoms with Crippen LogP contribution in [0.25, 0.3) is 5.65 Å². The van der Waals surface area contributed by atoms with Gasteiger partial charge in [-0.2, -0.15) is 0 Å². The van der Waals surface area contributed by atoms with Gasteiger partial charge in [0.25, 0.3) is 11.5 Å². The van der Waals surface area contributed by atoms with Crippen LogP contribution in [0, 0.1) is 6.92 Å². The minimum Gasteiger partial charge on any atom is -0.456 e. The lowest BCUT2D eigenvalue weighted by atomic mass is 10.1. The SMILES string of the molecule is Cc1cc2nc(COC(=O)c3ccccc3NC(=O)c3ccccc3)cc(=O)n2o1. The molecule has 0 fully saturated rings. The molecule has 150 valence electrons. The van der Waals surface area contributed by atoms with E-state index in [9.17, 15) is 14.4 Å². The molecule has 0 saturated carbocycles. The molecular formula is C22H17N3O5. The number of hydrogen-bond donors (Lipinski definition) is 1. The van der Waals surface area contributed by atoms with Crippen molar-refractivity contribution >= 4 is 23.2 Å². The number of hydrogen-bond acceptors (Lipinski definition) is 6. The third-order valence-corrected chi connectivity index (χ3v) is 4.31. The van der Waals surface area contributed by atoms with Crippen LogP contribution in [-0.2, 0) is 11.3 Å². The number of aryl methyl sites for hydroxylation is 1. The summed E-state index contributed by atoms with van der Waals surface area (Å²) in [7, 11) is 0. The number of carbonyl (C=O) groups excluding carboxylic acids is 2. The lowest BCUT2D eigenvalue weighted by Crippen LogP contribution is -2.17. The molecule has 30 heavy (non-hydrogen) atoms. The average molecular weight is 403 g/mol. The smallest absolute Gasteiger partial charge is 0.340 e. The summed E-state index contributed by atoms with van der Waals surface area (Å²) >= 11 is 0. The van der Waals surface area contributed by atoms with Gasteiger partial charge in [0, 0.05) is 17.7 Å². The number of nitrogens with one attached hydrogen (secondary N) is 1. The fourth-order valence-corrected chi connectivity index (χ4v) is 2.92. The highest BCUT2D eigenvalue weighted by Crippen LogP contribution is 2.18. The molecule has 0 spiro atoms. The largest absolute Gasteiger partial charge is 0.456 e. The van der Waals surface area contributed by atoms with Gasteiger partial charge in [-0.3, -0.25) is 9.59 Å². The van der Waals surface area contributed by atoms with Gasteiger partial charge in [-0.25, -0.2) is 9.78 Å². The summed E-state index contributed by atoms with van der Waals surface area (Å²) < 4.78 is 11.6. The second-order valence-corrected chi connectivity index (χ2v) is 6.53. The molecule has 0 aliphatic heterocycles. The third kappa shape index (κ3) is 3.97. The quantitative estimate of drug-likeness (QED) is 0.513. The first kappa shape index (κ1) is 19.1. The summed E-state index contributed by atoms with van der Waals surface area (Å²) in [5.41, 5.74) is 1.20. The Bertz CT molecular complexity index is 1290. The van der Waals surface area contributed by atoms with Crippen molar-refractivity contribution in [2.45, 2.75) is 13.5 Å². The molecule has 0 radical (unpaired) electrons. The first-order valence-corrected chi connectivity index (χ1v) is 9.13. The van der Waals surface area contributed by atoms with Gasteiger partial charge in [-0.15, -0.1) is 4.57 Å². The van der Waals surface area contributed by atoms with Crippen molar-refractivity contribution in [3.63, 3.8) is 0 Å². The molecule has 0 aliphatic rings. The van der Waals surface area contributed by atoms with Crippen LogP contribution in [0.1, 0.15) is 32.2 Å². The summed E-state index contributed by atoms with van der Waals surface area (Å²) in [5.74, 6) is -0.451. The highest BCUT2D eigenvalue weighted by atomic mass is 16.5. The van der Waals surface area contributed by atoms with E-state index >= 15 is 0 Å². The van der Waals surface area contributed by atoms with Gasteiger partial charge in [0.05, 0.1) is 16.9 Å². The highest BCUT2D eigenvalue weighted by molar-refractivity contribution is 6.07. The van der Waals surface area contributed by atoms with E-state index in [-0.39, 0.29) is 18.1 Å². The summed E-state index contributed by atoms with van der Waals surface area (Å²) in [5, 5.41) is 2.72. The summed E-state index contributed by atoms with van der Waals surface area (Å²) in [6, 6.07) is 18.1. The lowest BCUT2D eigenvalue weighted by molar-refractivity contribution is 0.0469. The van der Waals surface area contributed by atoms with Crippen LogP contribution in [0.15, 0.2) is 76.0 Å². The van der Waals surface area contributed by atoms with E-state index in [1.807, 2.05) is 6.07 Å². The summed E-state index contributed by atoms with van der Waals surface area (Å²) in [6.07, 6.45) is 0. The van der Waals surface area contributed by atoms with Gasteiger partial charge < -0.3 is 14.6 Å². The average Bonchev–Trinajstić information content (AvgIpc) is 3.14. The molecule has 0 bridgehead atoms. The van der Waals surface area contributed by atoms with Crippen LogP contribution in [0.2, 0.25) is 0 Å². The lowest BCUT2D eigenvalue weighted by Gasteiger charge is -2.11. The van der Waals surface area contributed by atoms with Gasteiger partial charge in [-0.1, -0.05) is 30.3 Å². The number of esters is 1. The first-order valence-electron chi connectivity index (χ1n) is 9.13. The number of ether oxygens (including phenoxy) is 1. The monoisotopic (exact) mass is 403 g/mol. The zero-order chi connectivity index (χ0) is 21.1. The minimum atomic E-state index is -0.649. The molecule has 4 aromatic rings. The normalized spacial score (nSPS) is 10.7. The topological polar surface area (TPSA) is 103 Å². The first-order chi connectivity index (χ1) is 14.5. The van der Waals surface area contributed by atoms with Crippen LogP contribution in [-0.4, -0.2) is 21.4 Å². The number of benzene rings is 2. The Balaban J connectivity index is 1.50. The van der Waals surface area contributed by atoms with Crippen molar-refractivity contribution < 1.29 is 18.8 Å². The van der Waals surface area contributed by atoms with Crippen molar-refractivity contribution in [1.82, 2.24) is 9.56 Å². The molecule has 1 amide bonds. The molecule has 2 heterocycles. The highest BCUT2D eigenvalue weighted by Gasteiger charge is 2.16. The van der Waals surface area contributed by atoms with Crippen molar-refractivity contribution in [1.29, 1.82) is 0 Å². The Hall–Kier alpha value is -4.20. The number of nitrogens with zero attached hydrogens (tertiary/aromatic N) is 2. The van der Waals surface area contributed by atoms with Crippen LogP contribution < -0.4 is 10.9 Å². The minimum absolute atomic E-state index is 0.193. The van der Waals surface area contributed by atoms with Crippen molar-refractivity contribution in [2.24, 2.45) is 0 Å². The number of para-hydroxylation sites is 1. The van der Waals surface area contributed by atoms with E-state index in [1.165, 1.54) is 6.07 Å². The van der Waals surface area contributed by atoms with E-state index in [2.05, 4.69) is 10.3 Å². The van der Waals surface area contributed by atoms with E-state index < -0.39 is 11.5 Å². The number of rotatable bonds is 5. The fourth-order valence-electron chi connectivity index (χ4n) is 2.92. The molecule has 0 unspecified atom stereocenters. The predicted molar refractivity (Wildman–Crippen MR) is 108 cm³/mol. The summed E-state index contributed by atoms with van der Waals surface area (Å²) in [6.45, 7) is 1.50. The molecule has 2 aromatic carbocycles. The molecule has 1 N–H and O–H groups in total. The van der Waals surface area contributed by atoms with E-state index in [0.29, 0.717) is 28.4 Å². The van der Waals surface area contributed by atoms with Crippen LogP contribution in [0.4, 0.5) is 5.69 Å². The van der Waals surface area contributed by atoms with Crippen molar-refractivity contribution in [3.8, 4) is 0 Å². The number of fused-ring (bicyclic) bond motifs is 1. The van der Waals surface area contributed by atoms with Crippen molar-refractivity contribution in [2.75, 3.05) is 5.32 Å². The Morgan fingerprint density at radius 3 is 2.60 bits per heavy atom. The molecule has 0 saturated heterocycles. The Morgan fingerprint density at radius 1 is 1.07 bits per heavy atom. The molecule has 0 atom stereocenters. The van der Waals surface area contributed by atoms with Crippen LogP contribution >= 0.6 is 0 Å². The Kier molecular flexibility index (Phi) is 5.13. The molecule has 0 aliphatic carbocycles. The Labute approximate surface area is 170 Å². The zero-order valence-corrected chi connectivity index (χ0v) is 16.0. The second kappa shape index (κ2) is 8.04. The van der Waals surface area contributed by atoms with Crippen LogP contribution in [0.3, 0.4) is 0 Å². The maximum absolute atomic E-state index is 12.6. The second-order valence-electron chi connectivity index (χ2n) is 6.53. The molecule has 8 nitrogen and oxygen atoms in total. The van der Waals surface area contributed by atoms with E-state index in [0.717, 1.165) is 4.57 Å². The molecular weight excluding hydrogens is 386 g/mol. The number of anilines is 1. The third-order valence-electron chi connectivity index (χ3n) is 4.31. The maximum Gasteiger partial charge on any atom is 0.340 e. The fraction of sp³-hybridized carbons (Fsp3) is 0.0909. The predicted octanol–water partition coefficient (Wildman–Crippen LogP) is 3.21. The number of aromatic nitrogens is 2. The number of carbonyl (C=O) groups is 2. The maximum atomic E-state index is 12.6. The Morgan fingerprint density at radius 2 is 1.80 bits per heavy atom. The van der Waals surface area contributed by atoms with Crippen molar-refractivity contribution in [3.05, 3.63) is 99.7 Å². The van der Waals surface area contributed by atoms with Gasteiger partial charge >= 0.3 is 5.97 Å². The number of amides is 1. The van der Waals surface area contributed by atoms with Gasteiger partial charge in [0.15, 0.2) is 5.65 Å². The standard InChI is InChI=1S/C22H17N3O5/c1-14-11-19-23-16(12-20(26)25(19)30-14)13-29-22(28)17-9-5-6-10-18(17)24-21(27)15-7-3-2-4-8-15/h2-12H,13H2,1H3,(H,24,27).